The van der Waals surface area contributed by atoms with Crippen molar-refractivity contribution >= 4 is 10.0 Å². The van der Waals surface area contributed by atoms with Gasteiger partial charge in [-0.3, -0.25) is 4.79 Å². The third-order valence-electron chi connectivity index (χ3n) is 2.68. The first-order chi connectivity index (χ1) is 8.99. The van der Waals surface area contributed by atoms with Crippen LogP contribution in [0.2, 0.25) is 0 Å². The van der Waals surface area contributed by atoms with Crippen molar-refractivity contribution < 1.29 is 8.42 Å². The average Bonchev–Trinajstić information content (AvgIpc) is 2.38. The van der Waals surface area contributed by atoms with E-state index in [0.29, 0.717) is 5.56 Å². The van der Waals surface area contributed by atoms with Crippen molar-refractivity contribution in [3.05, 3.63) is 64.1 Å². The number of nitrogens with one attached hydrogen (secondary N) is 2. The fourth-order valence-electron chi connectivity index (χ4n) is 1.57. The molecule has 6 heteroatoms. The summed E-state index contributed by atoms with van der Waals surface area (Å²) in [5.74, 6) is 0. The molecule has 0 aliphatic carbocycles. The van der Waals surface area contributed by atoms with Crippen molar-refractivity contribution in [2.75, 3.05) is 0 Å². The Hall–Kier alpha value is -1.92. The second-order valence-electron chi connectivity index (χ2n) is 4.16. The molecule has 0 fully saturated rings. The number of H-pyrrole nitrogens is 1. The molecule has 2 N–H and O–H groups in total. The van der Waals surface area contributed by atoms with Gasteiger partial charge in [0, 0.05) is 18.3 Å². The van der Waals surface area contributed by atoms with Crippen LogP contribution >= 0.6 is 0 Å². The van der Waals surface area contributed by atoms with Crippen LogP contribution in [0.4, 0.5) is 0 Å². The number of benzene rings is 1. The van der Waals surface area contributed by atoms with Gasteiger partial charge in [-0.25, -0.2) is 13.1 Å². The van der Waals surface area contributed by atoms with Crippen molar-refractivity contribution in [3.63, 3.8) is 0 Å². The predicted molar refractivity (Wildman–Crippen MR) is 72.3 cm³/mol. The van der Waals surface area contributed by atoms with Crippen molar-refractivity contribution in [1.29, 1.82) is 0 Å². The summed E-state index contributed by atoms with van der Waals surface area (Å²) < 4.78 is 26.4. The molecule has 19 heavy (non-hydrogen) atoms. The van der Waals surface area contributed by atoms with Crippen molar-refractivity contribution in [2.24, 2.45) is 0 Å². The van der Waals surface area contributed by atoms with Crippen LogP contribution in [0.1, 0.15) is 11.1 Å². The zero-order chi connectivity index (χ0) is 13.9. The Morgan fingerprint density at radius 3 is 2.47 bits per heavy atom. The largest absolute Gasteiger partial charge is 0.329 e. The molecule has 0 atom stereocenters. The van der Waals surface area contributed by atoms with E-state index in [0.717, 1.165) is 5.56 Å². The minimum Gasteiger partial charge on any atom is -0.329 e. The normalized spacial score (nSPS) is 11.4. The summed E-state index contributed by atoms with van der Waals surface area (Å²) >= 11 is 0. The first-order valence-corrected chi connectivity index (χ1v) is 7.20. The standard InChI is InChI=1S/C13H14N2O3S/c1-10-4-6-12(7-5-10)19(17,18)15-9-11-3-2-8-14-13(11)16/h2-8,15H,9H2,1H3,(H,14,16). The second kappa shape index (κ2) is 5.38. The molecule has 0 aliphatic heterocycles. The maximum Gasteiger partial charge on any atom is 0.252 e. The van der Waals surface area contributed by atoms with Gasteiger partial charge in [0.05, 0.1) is 4.90 Å². The molecule has 100 valence electrons. The minimum atomic E-state index is -3.59. The highest BCUT2D eigenvalue weighted by atomic mass is 32.2. The molecular formula is C13H14N2O3S. The highest BCUT2D eigenvalue weighted by molar-refractivity contribution is 7.89. The summed E-state index contributed by atoms with van der Waals surface area (Å²) in [4.78, 5) is 14.1. The molecule has 1 aromatic carbocycles. The first-order valence-electron chi connectivity index (χ1n) is 5.72. The predicted octanol–water partition coefficient (Wildman–Crippen LogP) is 1.16. The number of aromatic nitrogens is 1. The van der Waals surface area contributed by atoms with Crippen LogP contribution in [-0.4, -0.2) is 13.4 Å². The fraction of sp³-hybridized carbons (Fsp3) is 0.154. The van der Waals surface area contributed by atoms with E-state index in [1.165, 1.54) is 18.3 Å². The van der Waals surface area contributed by atoms with Gasteiger partial charge in [-0.15, -0.1) is 0 Å². The molecule has 0 saturated heterocycles. The Kier molecular flexibility index (Phi) is 3.82. The van der Waals surface area contributed by atoms with E-state index in [9.17, 15) is 13.2 Å². The zero-order valence-corrected chi connectivity index (χ0v) is 11.2. The molecule has 0 bridgehead atoms. The van der Waals surface area contributed by atoms with Crippen LogP contribution in [0.3, 0.4) is 0 Å². The zero-order valence-electron chi connectivity index (χ0n) is 10.4. The average molecular weight is 278 g/mol. The maximum absolute atomic E-state index is 12.0. The summed E-state index contributed by atoms with van der Waals surface area (Å²) in [7, 11) is -3.59. The Labute approximate surface area is 111 Å². The number of rotatable bonds is 4. The van der Waals surface area contributed by atoms with Crippen molar-refractivity contribution in [2.45, 2.75) is 18.4 Å². The monoisotopic (exact) mass is 278 g/mol. The number of hydrogen-bond acceptors (Lipinski definition) is 3. The Bertz CT molecular complexity index is 718. The summed E-state index contributed by atoms with van der Waals surface area (Å²) in [5.41, 5.74) is 1.06. The third kappa shape index (κ3) is 3.30. The Balaban J connectivity index is 2.17. The lowest BCUT2D eigenvalue weighted by Gasteiger charge is -2.06. The van der Waals surface area contributed by atoms with E-state index >= 15 is 0 Å². The second-order valence-corrected chi connectivity index (χ2v) is 5.93. The summed E-state index contributed by atoms with van der Waals surface area (Å²) in [5, 5.41) is 0. The number of sulfonamides is 1. The third-order valence-corrected chi connectivity index (χ3v) is 4.10. The first kappa shape index (κ1) is 13.5. The lowest BCUT2D eigenvalue weighted by atomic mass is 10.2. The van der Waals surface area contributed by atoms with E-state index < -0.39 is 10.0 Å². The van der Waals surface area contributed by atoms with Gasteiger partial charge in [0.1, 0.15) is 0 Å². The molecule has 0 saturated carbocycles. The number of aromatic amines is 1. The van der Waals surface area contributed by atoms with Gasteiger partial charge in [0.15, 0.2) is 0 Å². The smallest absolute Gasteiger partial charge is 0.252 e. The van der Waals surface area contributed by atoms with E-state index in [2.05, 4.69) is 9.71 Å². The maximum atomic E-state index is 12.0. The van der Waals surface area contributed by atoms with Crippen molar-refractivity contribution in [1.82, 2.24) is 9.71 Å². The lowest BCUT2D eigenvalue weighted by Crippen LogP contribution is -2.26. The quantitative estimate of drug-likeness (QED) is 0.881. The number of hydrogen-bond donors (Lipinski definition) is 2. The SMILES string of the molecule is Cc1ccc(S(=O)(=O)NCc2ccc[nH]c2=O)cc1. The molecule has 2 aromatic rings. The van der Waals surface area contributed by atoms with Crippen LogP contribution in [0.25, 0.3) is 0 Å². The molecule has 1 aromatic heterocycles. The fourth-order valence-corrected chi connectivity index (χ4v) is 2.58. The van der Waals surface area contributed by atoms with Crippen LogP contribution in [0, 0.1) is 6.92 Å². The van der Waals surface area contributed by atoms with E-state index in [4.69, 9.17) is 0 Å². The molecule has 2 rings (SSSR count). The number of aryl methyl sites for hydroxylation is 1. The lowest BCUT2D eigenvalue weighted by molar-refractivity contribution is 0.581. The Morgan fingerprint density at radius 1 is 1.16 bits per heavy atom. The van der Waals surface area contributed by atoms with Gasteiger partial charge < -0.3 is 4.98 Å². The molecule has 0 aliphatic rings. The Morgan fingerprint density at radius 2 is 1.84 bits per heavy atom. The van der Waals surface area contributed by atoms with Crippen LogP contribution < -0.4 is 10.3 Å². The summed E-state index contributed by atoms with van der Waals surface area (Å²) in [6.07, 6.45) is 1.50. The van der Waals surface area contributed by atoms with Crippen LogP contribution in [0.5, 0.6) is 0 Å². The highest BCUT2D eigenvalue weighted by Gasteiger charge is 2.13. The van der Waals surface area contributed by atoms with Gasteiger partial charge in [-0.1, -0.05) is 23.8 Å². The van der Waals surface area contributed by atoms with E-state index in [1.54, 1.807) is 24.3 Å². The van der Waals surface area contributed by atoms with Crippen LogP contribution in [0.15, 0.2) is 52.3 Å². The van der Waals surface area contributed by atoms with Crippen LogP contribution in [-0.2, 0) is 16.6 Å². The molecule has 0 unspecified atom stereocenters. The molecule has 5 nitrogen and oxygen atoms in total. The molecule has 0 amide bonds. The molecule has 0 spiro atoms. The summed E-state index contributed by atoms with van der Waals surface area (Å²) in [6.45, 7) is 1.85. The van der Waals surface area contributed by atoms with E-state index in [-0.39, 0.29) is 17.0 Å². The van der Waals surface area contributed by atoms with Crippen molar-refractivity contribution in [3.8, 4) is 0 Å². The minimum absolute atomic E-state index is 0.0353. The van der Waals surface area contributed by atoms with Gasteiger partial charge in [0.25, 0.3) is 5.56 Å². The van der Waals surface area contributed by atoms with Gasteiger partial charge in [-0.2, -0.15) is 0 Å². The topological polar surface area (TPSA) is 79.0 Å². The highest BCUT2D eigenvalue weighted by Crippen LogP contribution is 2.10. The number of pyridine rings is 1. The van der Waals surface area contributed by atoms with E-state index in [1.807, 2.05) is 6.92 Å². The van der Waals surface area contributed by atoms with Gasteiger partial charge in [0.2, 0.25) is 10.0 Å². The molecular weight excluding hydrogens is 264 g/mol. The van der Waals surface area contributed by atoms with Gasteiger partial charge in [-0.05, 0) is 25.1 Å². The summed E-state index contributed by atoms with van der Waals surface area (Å²) in [6, 6.07) is 9.75. The van der Waals surface area contributed by atoms with Gasteiger partial charge >= 0.3 is 0 Å². The molecule has 1 heterocycles. The molecule has 0 radical (unpaired) electrons.